The summed E-state index contributed by atoms with van der Waals surface area (Å²) in [5.41, 5.74) is 0.763. The Hall–Kier alpha value is -2.39. The number of nitrogens with one attached hydrogen (secondary N) is 1. The number of carbonyl (C=O) groups is 2. The van der Waals surface area contributed by atoms with Gasteiger partial charge in [0.15, 0.2) is 6.29 Å². The van der Waals surface area contributed by atoms with Crippen molar-refractivity contribution < 1.29 is 34.0 Å². The smallest absolute Gasteiger partial charge is 0.334 e. The first-order valence-electron chi connectivity index (χ1n) is 9.54. The SMILES string of the molecule is CCOC(COCC1=C(C(=O)O)C(c2ccccc2Cl)C(C(=O)O)=C(C)N1)OCC. The number of aliphatic carboxylic acids is 2. The summed E-state index contributed by atoms with van der Waals surface area (Å²) in [4.78, 5) is 24.1. The van der Waals surface area contributed by atoms with E-state index in [2.05, 4.69) is 5.32 Å². The van der Waals surface area contributed by atoms with Crippen molar-refractivity contribution in [3.8, 4) is 0 Å². The highest BCUT2D eigenvalue weighted by atomic mass is 35.5. The molecule has 1 heterocycles. The third-order valence-corrected chi connectivity index (χ3v) is 4.87. The first kappa shape index (κ1) is 23.9. The molecule has 1 aliphatic rings. The van der Waals surface area contributed by atoms with Gasteiger partial charge in [0.1, 0.15) is 0 Å². The number of rotatable bonds is 11. The van der Waals surface area contributed by atoms with E-state index >= 15 is 0 Å². The second kappa shape index (κ2) is 11.1. The molecule has 0 aliphatic carbocycles. The van der Waals surface area contributed by atoms with Crippen molar-refractivity contribution in [3.05, 3.63) is 57.4 Å². The van der Waals surface area contributed by atoms with Crippen LogP contribution in [0.1, 0.15) is 32.3 Å². The Morgan fingerprint density at radius 1 is 1.10 bits per heavy atom. The predicted molar refractivity (Wildman–Crippen MR) is 110 cm³/mol. The van der Waals surface area contributed by atoms with Crippen molar-refractivity contribution in [1.29, 1.82) is 0 Å². The van der Waals surface area contributed by atoms with Crippen LogP contribution in [0, 0.1) is 0 Å². The summed E-state index contributed by atoms with van der Waals surface area (Å²) < 4.78 is 16.5. The zero-order valence-corrected chi connectivity index (χ0v) is 17.9. The molecule has 9 heteroatoms. The number of halogens is 1. The standard InChI is InChI=1S/C21H26ClNO7/c1-4-29-16(30-5-2)11-28-10-15-19(21(26)27)18(13-8-6-7-9-14(13)22)17(20(24)25)12(3)23-15/h6-9,16,18,23H,4-5,10-11H2,1-3H3,(H,24,25)(H,26,27). The Labute approximate surface area is 180 Å². The van der Waals surface area contributed by atoms with Gasteiger partial charge in [-0.2, -0.15) is 0 Å². The molecule has 1 aromatic carbocycles. The molecule has 1 aliphatic heterocycles. The molecule has 0 bridgehead atoms. The molecular weight excluding hydrogens is 414 g/mol. The number of allylic oxidation sites excluding steroid dienone is 1. The van der Waals surface area contributed by atoms with Crippen LogP contribution in [0.4, 0.5) is 0 Å². The van der Waals surface area contributed by atoms with Gasteiger partial charge in [0.05, 0.1) is 36.0 Å². The number of ether oxygens (including phenoxy) is 3. The number of hydrogen-bond acceptors (Lipinski definition) is 6. The summed E-state index contributed by atoms with van der Waals surface area (Å²) in [5.74, 6) is -3.54. The summed E-state index contributed by atoms with van der Waals surface area (Å²) in [7, 11) is 0. The van der Waals surface area contributed by atoms with Crippen molar-refractivity contribution in [2.75, 3.05) is 26.4 Å². The second-order valence-electron chi connectivity index (χ2n) is 6.48. The van der Waals surface area contributed by atoms with Crippen LogP contribution >= 0.6 is 11.6 Å². The van der Waals surface area contributed by atoms with Gasteiger partial charge >= 0.3 is 11.9 Å². The van der Waals surface area contributed by atoms with Crippen LogP contribution in [0.2, 0.25) is 5.02 Å². The van der Waals surface area contributed by atoms with Crippen molar-refractivity contribution in [1.82, 2.24) is 5.32 Å². The molecule has 0 saturated heterocycles. The maximum atomic E-state index is 12.2. The Balaban J connectivity index is 2.41. The Bertz CT molecular complexity index is 844. The highest BCUT2D eigenvalue weighted by molar-refractivity contribution is 6.31. The van der Waals surface area contributed by atoms with Gasteiger partial charge in [0.25, 0.3) is 0 Å². The van der Waals surface area contributed by atoms with Crippen LogP contribution in [0.5, 0.6) is 0 Å². The third kappa shape index (κ3) is 5.60. The van der Waals surface area contributed by atoms with Crippen molar-refractivity contribution in [3.63, 3.8) is 0 Å². The van der Waals surface area contributed by atoms with Crippen LogP contribution in [0.25, 0.3) is 0 Å². The molecule has 164 valence electrons. The minimum atomic E-state index is -1.26. The second-order valence-corrected chi connectivity index (χ2v) is 6.88. The van der Waals surface area contributed by atoms with E-state index in [0.29, 0.717) is 24.5 Å². The minimum absolute atomic E-state index is 0.0780. The fourth-order valence-electron chi connectivity index (χ4n) is 3.34. The van der Waals surface area contributed by atoms with Crippen LogP contribution in [0.15, 0.2) is 46.8 Å². The molecule has 0 aromatic heterocycles. The van der Waals surface area contributed by atoms with E-state index in [1.165, 1.54) is 0 Å². The topological polar surface area (TPSA) is 114 Å². The molecule has 0 fully saturated rings. The average Bonchev–Trinajstić information content (AvgIpc) is 2.67. The molecule has 1 aromatic rings. The van der Waals surface area contributed by atoms with Gasteiger partial charge in [-0.3, -0.25) is 0 Å². The molecule has 1 atom stereocenters. The van der Waals surface area contributed by atoms with Crippen molar-refractivity contribution in [2.45, 2.75) is 33.0 Å². The van der Waals surface area contributed by atoms with Gasteiger partial charge in [0.2, 0.25) is 0 Å². The van der Waals surface area contributed by atoms with E-state index in [1.54, 1.807) is 31.2 Å². The molecule has 8 nitrogen and oxygen atoms in total. The molecule has 0 saturated carbocycles. The van der Waals surface area contributed by atoms with Crippen molar-refractivity contribution in [2.24, 2.45) is 0 Å². The molecule has 0 radical (unpaired) electrons. The largest absolute Gasteiger partial charge is 0.478 e. The molecular formula is C21H26ClNO7. The van der Waals surface area contributed by atoms with E-state index in [1.807, 2.05) is 13.8 Å². The van der Waals surface area contributed by atoms with E-state index < -0.39 is 24.1 Å². The van der Waals surface area contributed by atoms with Crippen LogP contribution in [-0.2, 0) is 23.8 Å². The number of carboxylic acid groups (broad SMARTS) is 2. The van der Waals surface area contributed by atoms with E-state index in [-0.39, 0.29) is 35.1 Å². The van der Waals surface area contributed by atoms with E-state index in [9.17, 15) is 19.8 Å². The molecule has 3 N–H and O–H groups in total. The maximum Gasteiger partial charge on any atom is 0.334 e. The summed E-state index contributed by atoms with van der Waals surface area (Å²) in [5, 5.41) is 22.9. The maximum absolute atomic E-state index is 12.2. The molecule has 0 spiro atoms. The van der Waals surface area contributed by atoms with E-state index in [0.717, 1.165) is 0 Å². The normalized spacial score (nSPS) is 16.8. The lowest BCUT2D eigenvalue weighted by Crippen LogP contribution is -2.34. The van der Waals surface area contributed by atoms with Gasteiger partial charge in [0, 0.05) is 23.9 Å². The van der Waals surface area contributed by atoms with Gasteiger partial charge in [-0.1, -0.05) is 29.8 Å². The minimum Gasteiger partial charge on any atom is -0.478 e. The zero-order valence-electron chi connectivity index (χ0n) is 17.1. The van der Waals surface area contributed by atoms with Crippen LogP contribution < -0.4 is 5.32 Å². The lowest BCUT2D eigenvalue weighted by Gasteiger charge is -2.30. The first-order valence-corrected chi connectivity index (χ1v) is 9.92. The van der Waals surface area contributed by atoms with Gasteiger partial charge < -0.3 is 29.7 Å². The lowest BCUT2D eigenvalue weighted by atomic mass is 9.80. The highest BCUT2D eigenvalue weighted by Crippen LogP contribution is 2.41. The molecule has 1 unspecified atom stereocenters. The molecule has 2 rings (SSSR count). The fourth-order valence-corrected chi connectivity index (χ4v) is 3.58. The van der Waals surface area contributed by atoms with Crippen LogP contribution in [-0.4, -0.2) is 54.9 Å². The molecule has 30 heavy (non-hydrogen) atoms. The zero-order chi connectivity index (χ0) is 22.3. The average molecular weight is 440 g/mol. The highest BCUT2D eigenvalue weighted by Gasteiger charge is 2.38. The summed E-state index contributed by atoms with van der Waals surface area (Å²) in [6, 6.07) is 6.59. The van der Waals surface area contributed by atoms with Gasteiger partial charge in [-0.15, -0.1) is 0 Å². The Morgan fingerprint density at radius 3 is 2.23 bits per heavy atom. The van der Waals surface area contributed by atoms with Crippen LogP contribution in [0.3, 0.4) is 0 Å². The van der Waals surface area contributed by atoms with Gasteiger partial charge in [-0.05, 0) is 32.4 Å². The fraction of sp³-hybridized carbons (Fsp3) is 0.429. The summed E-state index contributed by atoms with van der Waals surface area (Å²) >= 11 is 6.29. The molecule has 0 amide bonds. The number of hydrogen-bond donors (Lipinski definition) is 3. The number of dihydropyridines is 1. The Morgan fingerprint density at radius 2 is 1.70 bits per heavy atom. The van der Waals surface area contributed by atoms with Crippen molar-refractivity contribution >= 4 is 23.5 Å². The predicted octanol–water partition coefficient (Wildman–Crippen LogP) is 3.14. The number of benzene rings is 1. The monoisotopic (exact) mass is 439 g/mol. The van der Waals surface area contributed by atoms with Gasteiger partial charge in [-0.25, -0.2) is 9.59 Å². The first-order chi connectivity index (χ1) is 14.3. The quantitative estimate of drug-likeness (QED) is 0.450. The third-order valence-electron chi connectivity index (χ3n) is 4.53. The van der Waals surface area contributed by atoms with E-state index in [4.69, 9.17) is 25.8 Å². The summed E-state index contributed by atoms with van der Waals surface area (Å²) in [6.07, 6.45) is -0.581. The summed E-state index contributed by atoms with van der Waals surface area (Å²) in [6.45, 7) is 6.11. The Kier molecular flexibility index (Phi) is 8.86. The lowest BCUT2D eigenvalue weighted by molar-refractivity contribution is -0.165. The number of carboxylic acids is 2.